The zero-order chi connectivity index (χ0) is 19.1. The number of benzene rings is 2. The van der Waals surface area contributed by atoms with Crippen molar-refractivity contribution in [3.8, 4) is 5.75 Å². The molecule has 2 heterocycles. The third kappa shape index (κ3) is 2.95. The van der Waals surface area contributed by atoms with Crippen molar-refractivity contribution in [3.05, 3.63) is 53.1 Å². The van der Waals surface area contributed by atoms with Gasteiger partial charge in [0.05, 0.1) is 6.54 Å². The number of ether oxygens (including phenoxy) is 1. The normalized spacial score (nSPS) is 18.7. The fourth-order valence-electron chi connectivity index (χ4n) is 3.49. The molecule has 27 heavy (non-hydrogen) atoms. The number of hydrogen-bond donors (Lipinski definition) is 3. The van der Waals surface area contributed by atoms with Crippen LogP contribution >= 0.6 is 0 Å². The van der Waals surface area contributed by atoms with Gasteiger partial charge in [0, 0.05) is 23.7 Å². The molecule has 138 valence electrons. The fourth-order valence-corrected chi connectivity index (χ4v) is 3.49. The molecular weight excluding hydrogens is 352 g/mol. The van der Waals surface area contributed by atoms with E-state index in [1.807, 2.05) is 6.07 Å². The van der Waals surface area contributed by atoms with Crippen LogP contribution in [0.5, 0.6) is 5.75 Å². The second kappa shape index (κ2) is 6.31. The Labute approximate surface area is 154 Å². The van der Waals surface area contributed by atoms with Crippen LogP contribution in [0.3, 0.4) is 0 Å². The van der Waals surface area contributed by atoms with E-state index >= 15 is 0 Å². The number of nitrogens with zero attached hydrogens (tertiary/aromatic N) is 1. The van der Waals surface area contributed by atoms with Crippen LogP contribution in [0, 0.1) is 0 Å². The number of carbonyl (C=O) groups excluding carboxylic acids is 2. The number of amides is 2. The van der Waals surface area contributed by atoms with E-state index in [1.165, 1.54) is 17.0 Å². The third-order valence-electron chi connectivity index (χ3n) is 4.80. The monoisotopic (exact) mass is 368 g/mol. The minimum Gasteiger partial charge on any atom is -0.507 e. The molecule has 0 radical (unpaired) electrons. The molecule has 2 aromatic rings. The molecule has 1 saturated heterocycles. The van der Waals surface area contributed by atoms with Crippen LogP contribution in [0.4, 0.5) is 16.2 Å². The molecule has 2 aliphatic heterocycles. The number of carbonyl (C=O) groups is 3. The van der Waals surface area contributed by atoms with Gasteiger partial charge in [-0.2, -0.15) is 0 Å². The highest BCUT2D eigenvalue weighted by Gasteiger charge is 2.30. The quantitative estimate of drug-likeness (QED) is 0.767. The summed E-state index contributed by atoms with van der Waals surface area (Å²) in [5, 5.41) is 21.8. The Morgan fingerprint density at radius 1 is 1.19 bits per heavy atom. The Kier molecular flexibility index (Phi) is 3.95. The number of hydrogen-bond acceptors (Lipinski definition) is 5. The zero-order valence-electron chi connectivity index (χ0n) is 14.1. The van der Waals surface area contributed by atoms with Crippen LogP contribution in [0.15, 0.2) is 36.4 Å². The van der Waals surface area contributed by atoms with Gasteiger partial charge in [0.15, 0.2) is 0 Å². The third-order valence-corrected chi connectivity index (χ3v) is 4.80. The van der Waals surface area contributed by atoms with Crippen LogP contribution in [0.1, 0.15) is 33.8 Å². The van der Waals surface area contributed by atoms with Gasteiger partial charge in [-0.25, -0.2) is 9.59 Å². The Hall–Kier alpha value is -3.55. The molecule has 2 aromatic carbocycles. The number of anilines is 2. The Balaban J connectivity index is 1.75. The van der Waals surface area contributed by atoms with Gasteiger partial charge >= 0.3 is 12.1 Å². The van der Waals surface area contributed by atoms with Gasteiger partial charge in [-0.3, -0.25) is 9.69 Å². The molecule has 3 N–H and O–H groups in total. The van der Waals surface area contributed by atoms with Gasteiger partial charge < -0.3 is 20.3 Å². The van der Waals surface area contributed by atoms with Gasteiger partial charge in [-0.1, -0.05) is 12.1 Å². The van der Waals surface area contributed by atoms with Crippen molar-refractivity contribution in [1.29, 1.82) is 0 Å². The summed E-state index contributed by atoms with van der Waals surface area (Å²) in [4.78, 5) is 36.8. The molecule has 1 fully saturated rings. The smallest absolute Gasteiger partial charge is 0.414 e. The molecule has 2 amide bonds. The predicted molar refractivity (Wildman–Crippen MR) is 95.3 cm³/mol. The molecule has 2 aliphatic rings. The molecule has 1 unspecified atom stereocenters. The molecule has 0 saturated carbocycles. The largest absolute Gasteiger partial charge is 0.507 e. The van der Waals surface area contributed by atoms with Crippen LogP contribution in [-0.2, 0) is 9.53 Å². The highest BCUT2D eigenvalue weighted by molar-refractivity contribution is 5.98. The lowest BCUT2D eigenvalue weighted by Crippen LogP contribution is -2.26. The second-order valence-electron chi connectivity index (χ2n) is 6.42. The van der Waals surface area contributed by atoms with Crippen molar-refractivity contribution in [1.82, 2.24) is 0 Å². The SMILES string of the molecule is O=C1CC(c2ccc(O)c(C(=O)O)c2)c2ccc(N3CCOC3=O)cc2N1. The lowest BCUT2D eigenvalue weighted by molar-refractivity contribution is -0.116. The van der Waals surface area contributed by atoms with E-state index in [2.05, 4.69) is 5.32 Å². The summed E-state index contributed by atoms with van der Waals surface area (Å²) in [7, 11) is 0. The average Bonchev–Trinajstić information content (AvgIpc) is 3.06. The lowest BCUT2D eigenvalue weighted by atomic mass is 9.84. The standard InChI is InChI=1S/C19H16N2O6/c22-16-4-1-10(7-14(16)18(24)25)13-9-17(23)20-15-8-11(2-3-12(13)15)21-5-6-27-19(21)26/h1-4,7-8,13,22H,5-6,9H2,(H,20,23)(H,24,25). The topological polar surface area (TPSA) is 116 Å². The summed E-state index contributed by atoms with van der Waals surface area (Å²) in [6.07, 6.45) is -0.277. The fraction of sp³-hybridized carbons (Fsp3) is 0.211. The molecule has 8 nitrogen and oxygen atoms in total. The Morgan fingerprint density at radius 3 is 2.70 bits per heavy atom. The Bertz CT molecular complexity index is 971. The van der Waals surface area contributed by atoms with E-state index in [1.54, 1.807) is 18.2 Å². The summed E-state index contributed by atoms with van der Waals surface area (Å²) >= 11 is 0. The van der Waals surface area contributed by atoms with Crippen molar-refractivity contribution >= 4 is 29.3 Å². The highest BCUT2D eigenvalue weighted by Crippen LogP contribution is 2.40. The van der Waals surface area contributed by atoms with Crippen LogP contribution < -0.4 is 10.2 Å². The van der Waals surface area contributed by atoms with Crippen molar-refractivity contribution < 1.29 is 29.3 Å². The predicted octanol–water partition coefficient (Wildman–Crippen LogP) is 2.52. The van der Waals surface area contributed by atoms with E-state index in [4.69, 9.17) is 4.74 Å². The lowest BCUT2D eigenvalue weighted by Gasteiger charge is -2.27. The minimum atomic E-state index is -1.24. The first kappa shape index (κ1) is 16.9. The van der Waals surface area contributed by atoms with Crippen molar-refractivity contribution in [2.24, 2.45) is 0 Å². The maximum absolute atomic E-state index is 12.2. The van der Waals surface area contributed by atoms with E-state index in [-0.39, 0.29) is 29.6 Å². The molecule has 0 spiro atoms. The number of aromatic hydroxyl groups is 1. The highest BCUT2D eigenvalue weighted by atomic mass is 16.6. The Morgan fingerprint density at radius 2 is 2.00 bits per heavy atom. The van der Waals surface area contributed by atoms with Crippen LogP contribution in [0.25, 0.3) is 0 Å². The first-order valence-electron chi connectivity index (χ1n) is 8.38. The van der Waals surface area contributed by atoms with Crippen molar-refractivity contribution in [2.75, 3.05) is 23.4 Å². The van der Waals surface area contributed by atoms with E-state index < -0.39 is 12.1 Å². The molecule has 0 aromatic heterocycles. The molecular formula is C19H16N2O6. The second-order valence-corrected chi connectivity index (χ2v) is 6.42. The van der Waals surface area contributed by atoms with E-state index in [0.29, 0.717) is 30.1 Å². The number of carboxylic acid groups (broad SMARTS) is 1. The molecule has 0 aliphatic carbocycles. The zero-order valence-corrected chi connectivity index (χ0v) is 14.1. The van der Waals surface area contributed by atoms with E-state index in [0.717, 1.165) is 5.56 Å². The summed E-state index contributed by atoms with van der Waals surface area (Å²) in [6.45, 7) is 0.755. The molecule has 0 bridgehead atoms. The average molecular weight is 368 g/mol. The van der Waals surface area contributed by atoms with Gasteiger partial charge in [0.1, 0.15) is 17.9 Å². The van der Waals surface area contributed by atoms with Crippen LogP contribution in [0.2, 0.25) is 0 Å². The van der Waals surface area contributed by atoms with Gasteiger partial charge in [-0.15, -0.1) is 0 Å². The summed E-state index contributed by atoms with van der Waals surface area (Å²) in [5.74, 6) is -2.13. The minimum absolute atomic E-state index is 0.155. The number of aromatic carboxylic acids is 1. The van der Waals surface area contributed by atoms with Crippen molar-refractivity contribution in [2.45, 2.75) is 12.3 Å². The summed E-state index contributed by atoms with van der Waals surface area (Å²) in [6, 6.07) is 9.61. The van der Waals surface area contributed by atoms with Gasteiger partial charge in [0.2, 0.25) is 5.91 Å². The summed E-state index contributed by atoms with van der Waals surface area (Å²) in [5.41, 5.74) is 2.41. The maximum Gasteiger partial charge on any atom is 0.414 e. The number of carboxylic acids is 1. The number of cyclic esters (lactones) is 1. The number of nitrogens with one attached hydrogen (secondary N) is 1. The summed E-state index contributed by atoms with van der Waals surface area (Å²) < 4.78 is 4.94. The van der Waals surface area contributed by atoms with Gasteiger partial charge in [0.25, 0.3) is 0 Å². The number of phenols is 1. The molecule has 8 heteroatoms. The number of fused-ring (bicyclic) bond motifs is 1. The van der Waals surface area contributed by atoms with E-state index in [9.17, 15) is 24.6 Å². The molecule has 1 atom stereocenters. The van der Waals surface area contributed by atoms with Crippen molar-refractivity contribution in [3.63, 3.8) is 0 Å². The first-order valence-corrected chi connectivity index (χ1v) is 8.38. The molecule has 4 rings (SSSR count). The number of rotatable bonds is 3. The van der Waals surface area contributed by atoms with Gasteiger partial charge in [-0.05, 0) is 35.4 Å². The van der Waals surface area contributed by atoms with Crippen LogP contribution in [-0.4, -0.2) is 41.3 Å². The maximum atomic E-state index is 12.2. The first-order chi connectivity index (χ1) is 12.9.